The smallest absolute Gasteiger partial charge is 0.308 e. The number of nitrogens with one attached hydrogen (secondary N) is 1. The molecule has 2 rings (SSSR count). The van der Waals surface area contributed by atoms with Crippen LogP contribution in [-0.2, 0) is 16.1 Å². The minimum Gasteiger partial charge on any atom is -0.469 e. The van der Waals surface area contributed by atoms with Crippen molar-refractivity contribution in [1.29, 1.82) is 0 Å². The first-order valence-corrected chi connectivity index (χ1v) is 7.51. The van der Waals surface area contributed by atoms with E-state index in [4.69, 9.17) is 4.74 Å². The molecule has 0 aromatic carbocycles. The predicted octanol–water partition coefficient (Wildman–Crippen LogP) is 2.80. The van der Waals surface area contributed by atoms with E-state index in [-0.39, 0.29) is 22.3 Å². The number of aromatic nitrogens is 1. The molecule has 110 valence electrons. The largest absolute Gasteiger partial charge is 0.469 e. The van der Waals surface area contributed by atoms with E-state index >= 15 is 0 Å². The van der Waals surface area contributed by atoms with Gasteiger partial charge in [0.15, 0.2) is 5.82 Å². The van der Waals surface area contributed by atoms with Gasteiger partial charge in [0.1, 0.15) is 4.60 Å². The summed E-state index contributed by atoms with van der Waals surface area (Å²) in [5.74, 6) is -0.416. The van der Waals surface area contributed by atoms with Gasteiger partial charge in [-0.05, 0) is 47.7 Å². The minimum absolute atomic E-state index is 0.0184. The summed E-state index contributed by atoms with van der Waals surface area (Å²) < 4.78 is 18.8. The lowest BCUT2D eigenvalue weighted by Gasteiger charge is -2.27. The lowest BCUT2D eigenvalue weighted by atomic mass is 9.86. The molecule has 1 aromatic rings. The van der Waals surface area contributed by atoms with Crippen LogP contribution >= 0.6 is 15.9 Å². The summed E-state index contributed by atoms with van der Waals surface area (Å²) in [5, 5.41) is 3.34. The Morgan fingerprint density at radius 3 is 2.85 bits per heavy atom. The average molecular weight is 345 g/mol. The molecular formula is C14H18BrFN2O2. The number of halogens is 2. The van der Waals surface area contributed by atoms with E-state index < -0.39 is 0 Å². The number of hydrogen-bond acceptors (Lipinski definition) is 4. The van der Waals surface area contributed by atoms with Crippen molar-refractivity contribution in [2.24, 2.45) is 5.92 Å². The minimum atomic E-state index is -0.316. The fourth-order valence-electron chi connectivity index (χ4n) is 2.55. The van der Waals surface area contributed by atoms with Gasteiger partial charge in [-0.25, -0.2) is 9.37 Å². The van der Waals surface area contributed by atoms with Gasteiger partial charge in [0.25, 0.3) is 0 Å². The fourth-order valence-corrected chi connectivity index (χ4v) is 2.92. The molecule has 0 aliphatic heterocycles. The monoisotopic (exact) mass is 344 g/mol. The van der Waals surface area contributed by atoms with Gasteiger partial charge in [0.2, 0.25) is 0 Å². The molecule has 0 radical (unpaired) electrons. The van der Waals surface area contributed by atoms with Crippen LogP contribution in [0.3, 0.4) is 0 Å². The molecule has 0 saturated heterocycles. The molecule has 4 nitrogen and oxygen atoms in total. The third-order valence-electron chi connectivity index (χ3n) is 3.77. The van der Waals surface area contributed by atoms with Crippen LogP contribution in [-0.4, -0.2) is 24.1 Å². The van der Waals surface area contributed by atoms with E-state index in [2.05, 4.69) is 26.2 Å². The molecule has 0 unspecified atom stereocenters. The molecule has 0 spiro atoms. The Kier molecular flexibility index (Phi) is 5.48. The van der Waals surface area contributed by atoms with E-state index in [1.165, 1.54) is 7.11 Å². The second kappa shape index (κ2) is 7.13. The van der Waals surface area contributed by atoms with Crippen LogP contribution in [0.15, 0.2) is 16.9 Å². The summed E-state index contributed by atoms with van der Waals surface area (Å²) in [4.78, 5) is 15.3. The number of methoxy groups -OCH3 is 1. The summed E-state index contributed by atoms with van der Waals surface area (Å²) in [5.41, 5.74) is 0.599. The second-order valence-electron chi connectivity index (χ2n) is 5.03. The molecule has 0 bridgehead atoms. The van der Waals surface area contributed by atoms with Crippen molar-refractivity contribution in [2.75, 3.05) is 7.11 Å². The number of esters is 1. The van der Waals surface area contributed by atoms with Gasteiger partial charge < -0.3 is 10.1 Å². The van der Waals surface area contributed by atoms with Gasteiger partial charge in [-0.2, -0.15) is 0 Å². The number of rotatable bonds is 4. The topological polar surface area (TPSA) is 51.2 Å². The summed E-state index contributed by atoms with van der Waals surface area (Å²) in [6.07, 6.45) is 5.05. The van der Waals surface area contributed by atoms with Crippen molar-refractivity contribution in [2.45, 2.75) is 38.3 Å². The first kappa shape index (κ1) is 15.4. The van der Waals surface area contributed by atoms with Crippen molar-refractivity contribution >= 4 is 21.9 Å². The number of carbonyl (C=O) groups is 1. The van der Waals surface area contributed by atoms with E-state index in [1.54, 1.807) is 12.3 Å². The Labute approximate surface area is 126 Å². The quantitative estimate of drug-likeness (QED) is 0.674. The molecule has 1 fully saturated rings. The van der Waals surface area contributed by atoms with Crippen molar-refractivity contribution in [3.63, 3.8) is 0 Å². The van der Waals surface area contributed by atoms with Crippen LogP contribution in [0.1, 0.15) is 31.2 Å². The Balaban J connectivity index is 1.82. The van der Waals surface area contributed by atoms with E-state index in [9.17, 15) is 9.18 Å². The normalized spacial score (nSPS) is 22.6. The highest BCUT2D eigenvalue weighted by Crippen LogP contribution is 2.25. The van der Waals surface area contributed by atoms with Gasteiger partial charge in [-0.3, -0.25) is 4.79 Å². The van der Waals surface area contributed by atoms with Gasteiger partial charge in [-0.1, -0.05) is 0 Å². The Bertz CT molecular complexity index is 476. The predicted molar refractivity (Wildman–Crippen MR) is 76.5 cm³/mol. The molecule has 6 heteroatoms. The van der Waals surface area contributed by atoms with Crippen molar-refractivity contribution < 1.29 is 13.9 Å². The van der Waals surface area contributed by atoms with E-state index in [0.29, 0.717) is 18.2 Å². The van der Waals surface area contributed by atoms with Crippen molar-refractivity contribution in [3.05, 3.63) is 28.2 Å². The zero-order valence-electron chi connectivity index (χ0n) is 11.4. The molecule has 1 aromatic heterocycles. The third kappa shape index (κ3) is 3.76. The van der Waals surface area contributed by atoms with Crippen LogP contribution in [0, 0.1) is 11.7 Å². The average Bonchev–Trinajstić information content (AvgIpc) is 2.48. The van der Waals surface area contributed by atoms with Gasteiger partial charge in [0.05, 0.1) is 13.0 Å². The number of ether oxygens (including phenoxy) is 1. The van der Waals surface area contributed by atoms with Crippen LogP contribution in [0.4, 0.5) is 4.39 Å². The molecule has 1 heterocycles. The second-order valence-corrected chi connectivity index (χ2v) is 5.78. The SMILES string of the molecule is COC(=O)C1CCC(NCc2ccnc(Br)c2F)CC1. The van der Waals surface area contributed by atoms with Gasteiger partial charge in [0, 0.05) is 24.3 Å². The summed E-state index contributed by atoms with van der Waals surface area (Å²) in [7, 11) is 1.43. The highest BCUT2D eigenvalue weighted by molar-refractivity contribution is 9.10. The molecule has 1 N–H and O–H groups in total. The molecule has 1 saturated carbocycles. The van der Waals surface area contributed by atoms with Crippen molar-refractivity contribution in [3.8, 4) is 0 Å². The Morgan fingerprint density at radius 1 is 1.50 bits per heavy atom. The highest BCUT2D eigenvalue weighted by Gasteiger charge is 2.26. The first-order chi connectivity index (χ1) is 9.61. The summed E-state index contributed by atoms with van der Waals surface area (Å²) in [6.45, 7) is 0.473. The maximum Gasteiger partial charge on any atom is 0.308 e. The molecule has 1 aliphatic rings. The standard InChI is InChI=1S/C14H18BrFN2O2/c1-20-14(19)9-2-4-11(5-3-9)18-8-10-6-7-17-13(15)12(10)16/h6-7,9,11,18H,2-5,8H2,1H3. The number of pyridine rings is 1. The molecule has 1 aliphatic carbocycles. The number of nitrogens with zero attached hydrogens (tertiary/aromatic N) is 1. The number of carbonyl (C=O) groups excluding carboxylic acids is 1. The number of hydrogen-bond donors (Lipinski definition) is 1. The zero-order chi connectivity index (χ0) is 14.5. The maximum absolute atomic E-state index is 13.8. The summed E-state index contributed by atoms with van der Waals surface area (Å²) >= 11 is 3.08. The molecule has 0 atom stereocenters. The van der Waals surface area contributed by atoms with Gasteiger partial charge in [-0.15, -0.1) is 0 Å². The first-order valence-electron chi connectivity index (χ1n) is 6.72. The van der Waals surface area contributed by atoms with E-state index in [1.807, 2.05) is 0 Å². The zero-order valence-corrected chi connectivity index (χ0v) is 13.0. The molecule has 0 amide bonds. The van der Waals surface area contributed by atoms with Crippen LogP contribution in [0.5, 0.6) is 0 Å². The van der Waals surface area contributed by atoms with E-state index in [0.717, 1.165) is 25.7 Å². The van der Waals surface area contributed by atoms with Gasteiger partial charge >= 0.3 is 5.97 Å². The fraction of sp³-hybridized carbons (Fsp3) is 0.571. The lowest BCUT2D eigenvalue weighted by molar-refractivity contribution is -0.146. The van der Waals surface area contributed by atoms with Crippen LogP contribution in [0.25, 0.3) is 0 Å². The Morgan fingerprint density at radius 2 is 2.20 bits per heavy atom. The highest BCUT2D eigenvalue weighted by atomic mass is 79.9. The van der Waals surface area contributed by atoms with Crippen LogP contribution in [0.2, 0.25) is 0 Å². The molecule has 20 heavy (non-hydrogen) atoms. The van der Waals surface area contributed by atoms with Crippen molar-refractivity contribution in [1.82, 2.24) is 10.3 Å². The maximum atomic E-state index is 13.8. The third-order valence-corrected chi connectivity index (χ3v) is 4.32. The summed E-state index contributed by atoms with van der Waals surface area (Å²) in [6, 6.07) is 2.00. The van der Waals surface area contributed by atoms with Crippen LogP contribution < -0.4 is 5.32 Å². The molecular weight excluding hydrogens is 327 g/mol. The lowest BCUT2D eigenvalue weighted by Crippen LogP contribution is -2.35. The Hall–Kier alpha value is -1.01.